The Labute approximate surface area is 160 Å². The maximum Gasteiger partial charge on any atom is 0.255 e. The second-order valence-electron chi connectivity index (χ2n) is 5.79. The minimum atomic E-state index is -0.216. The SMILES string of the molecule is CCSc1ccc(-c2cccc(NC(=O)c3ccc4c(c3)OCO4)c2)nn1. The van der Waals surface area contributed by atoms with Crippen LogP contribution in [-0.2, 0) is 0 Å². The molecule has 1 amide bonds. The number of carbonyl (C=O) groups excluding carboxylic acids is 1. The third kappa shape index (κ3) is 3.88. The van der Waals surface area contributed by atoms with Gasteiger partial charge >= 0.3 is 0 Å². The summed E-state index contributed by atoms with van der Waals surface area (Å²) in [5, 5.41) is 12.3. The molecule has 136 valence electrons. The molecule has 0 saturated carbocycles. The van der Waals surface area contributed by atoms with Crippen molar-refractivity contribution >= 4 is 23.4 Å². The van der Waals surface area contributed by atoms with Crippen LogP contribution in [-0.4, -0.2) is 28.7 Å². The van der Waals surface area contributed by atoms with E-state index in [1.165, 1.54) is 0 Å². The molecule has 0 fully saturated rings. The fourth-order valence-corrected chi connectivity index (χ4v) is 3.25. The predicted octanol–water partition coefficient (Wildman–Crippen LogP) is 4.24. The van der Waals surface area contributed by atoms with Crippen molar-refractivity contribution in [1.82, 2.24) is 10.2 Å². The smallest absolute Gasteiger partial charge is 0.255 e. The van der Waals surface area contributed by atoms with Crippen molar-refractivity contribution in [1.29, 1.82) is 0 Å². The van der Waals surface area contributed by atoms with Gasteiger partial charge in [-0.1, -0.05) is 19.1 Å². The summed E-state index contributed by atoms with van der Waals surface area (Å²) in [5.41, 5.74) is 2.84. The third-order valence-corrected chi connectivity index (χ3v) is 4.79. The van der Waals surface area contributed by atoms with Crippen LogP contribution in [0.5, 0.6) is 11.5 Å². The Balaban J connectivity index is 1.51. The Bertz CT molecular complexity index is 976. The van der Waals surface area contributed by atoms with E-state index in [1.54, 1.807) is 30.0 Å². The number of hydrogen-bond acceptors (Lipinski definition) is 6. The van der Waals surface area contributed by atoms with Crippen LogP contribution in [0, 0.1) is 0 Å². The number of nitrogens with one attached hydrogen (secondary N) is 1. The van der Waals surface area contributed by atoms with Gasteiger partial charge in [-0.25, -0.2) is 0 Å². The molecule has 0 aliphatic carbocycles. The highest BCUT2D eigenvalue weighted by molar-refractivity contribution is 7.99. The largest absolute Gasteiger partial charge is 0.454 e. The van der Waals surface area contributed by atoms with Gasteiger partial charge in [0.05, 0.1) is 5.69 Å². The van der Waals surface area contributed by atoms with E-state index < -0.39 is 0 Å². The first-order valence-electron chi connectivity index (χ1n) is 8.51. The Hall–Kier alpha value is -3.06. The molecule has 2 heterocycles. The van der Waals surface area contributed by atoms with Crippen molar-refractivity contribution in [2.24, 2.45) is 0 Å². The Morgan fingerprint density at radius 1 is 1.07 bits per heavy atom. The predicted molar refractivity (Wildman–Crippen MR) is 104 cm³/mol. The highest BCUT2D eigenvalue weighted by Gasteiger charge is 2.16. The Morgan fingerprint density at radius 2 is 1.96 bits per heavy atom. The molecule has 0 radical (unpaired) electrons. The van der Waals surface area contributed by atoms with Gasteiger partial charge in [-0.15, -0.1) is 22.0 Å². The lowest BCUT2D eigenvalue weighted by atomic mass is 10.1. The molecule has 0 unspecified atom stereocenters. The molecule has 7 heteroatoms. The molecule has 6 nitrogen and oxygen atoms in total. The van der Waals surface area contributed by atoms with Gasteiger partial charge in [0.25, 0.3) is 5.91 Å². The van der Waals surface area contributed by atoms with Crippen LogP contribution in [0.2, 0.25) is 0 Å². The van der Waals surface area contributed by atoms with Crippen LogP contribution in [0.4, 0.5) is 5.69 Å². The molecule has 2 aromatic carbocycles. The van der Waals surface area contributed by atoms with E-state index in [0.717, 1.165) is 22.0 Å². The first-order chi connectivity index (χ1) is 13.2. The summed E-state index contributed by atoms with van der Waals surface area (Å²) in [4.78, 5) is 12.5. The summed E-state index contributed by atoms with van der Waals surface area (Å²) in [7, 11) is 0. The number of rotatable bonds is 5. The van der Waals surface area contributed by atoms with E-state index in [-0.39, 0.29) is 12.7 Å². The summed E-state index contributed by atoms with van der Waals surface area (Å²) in [6, 6.07) is 16.5. The molecule has 27 heavy (non-hydrogen) atoms. The summed E-state index contributed by atoms with van der Waals surface area (Å²) in [5.74, 6) is 1.97. The maximum absolute atomic E-state index is 12.5. The molecule has 3 aromatic rings. The van der Waals surface area contributed by atoms with Crippen LogP contribution in [0.1, 0.15) is 17.3 Å². The number of aromatic nitrogens is 2. The van der Waals surface area contributed by atoms with Gasteiger partial charge in [-0.2, -0.15) is 0 Å². The first kappa shape index (κ1) is 17.4. The van der Waals surface area contributed by atoms with Crippen molar-refractivity contribution in [3.05, 3.63) is 60.2 Å². The van der Waals surface area contributed by atoms with Crippen molar-refractivity contribution in [2.75, 3.05) is 17.9 Å². The second kappa shape index (κ2) is 7.67. The number of thioether (sulfide) groups is 1. The molecule has 0 spiro atoms. The minimum absolute atomic E-state index is 0.180. The summed E-state index contributed by atoms with van der Waals surface area (Å²) in [6.07, 6.45) is 0. The molecule has 1 aromatic heterocycles. The van der Waals surface area contributed by atoms with Crippen molar-refractivity contribution in [2.45, 2.75) is 11.9 Å². The number of carbonyl (C=O) groups is 1. The van der Waals surface area contributed by atoms with Crippen LogP contribution < -0.4 is 14.8 Å². The molecule has 1 N–H and O–H groups in total. The van der Waals surface area contributed by atoms with Crippen LogP contribution in [0.3, 0.4) is 0 Å². The number of ether oxygens (including phenoxy) is 2. The van der Waals surface area contributed by atoms with E-state index in [9.17, 15) is 4.79 Å². The van der Waals surface area contributed by atoms with E-state index in [2.05, 4.69) is 22.4 Å². The molecule has 0 atom stereocenters. The quantitative estimate of drug-likeness (QED) is 0.669. The first-order valence-corrected chi connectivity index (χ1v) is 9.49. The van der Waals surface area contributed by atoms with Gasteiger partial charge in [0.1, 0.15) is 5.03 Å². The van der Waals surface area contributed by atoms with Gasteiger partial charge < -0.3 is 14.8 Å². The molecule has 4 rings (SSSR count). The van der Waals surface area contributed by atoms with E-state index in [4.69, 9.17) is 9.47 Å². The van der Waals surface area contributed by atoms with Crippen LogP contribution in [0.25, 0.3) is 11.3 Å². The molecule has 1 aliphatic rings. The fraction of sp³-hybridized carbons (Fsp3) is 0.150. The van der Waals surface area contributed by atoms with Gasteiger partial charge in [0.2, 0.25) is 6.79 Å². The summed E-state index contributed by atoms with van der Waals surface area (Å²) in [6.45, 7) is 2.26. The molecular formula is C20H17N3O3S. The average Bonchev–Trinajstić information content (AvgIpc) is 3.17. The second-order valence-corrected chi connectivity index (χ2v) is 7.08. The molecule has 0 saturated heterocycles. The van der Waals surface area contributed by atoms with Gasteiger partial charge in [0, 0.05) is 16.8 Å². The van der Waals surface area contributed by atoms with Crippen molar-refractivity contribution in [3.63, 3.8) is 0 Å². The minimum Gasteiger partial charge on any atom is -0.454 e. The van der Waals surface area contributed by atoms with Gasteiger partial charge in [-0.3, -0.25) is 4.79 Å². The number of hydrogen-bond donors (Lipinski definition) is 1. The Kier molecular flexibility index (Phi) is 4.93. The lowest BCUT2D eigenvalue weighted by molar-refractivity contribution is 0.102. The van der Waals surface area contributed by atoms with Gasteiger partial charge in [-0.05, 0) is 48.2 Å². The van der Waals surface area contributed by atoms with E-state index >= 15 is 0 Å². The number of anilines is 1. The highest BCUT2D eigenvalue weighted by Crippen LogP contribution is 2.32. The Morgan fingerprint density at radius 3 is 2.78 bits per heavy atom. The fourth-order valence-electron chi connectivity index (χ4n) is 2.70. The highest BCUT2D eigenvalue weighted by atomic mass is 32.2. The van der Waals surface area contributed by atoms with Crippen molar-refractivity contribution in [3.8, 4) is 22.8 Å². The van der Waals surface area contributed by atoms with Crippen LogP contribution >= 0.6 is 11.8 Å². The van der Waals surface area contributed by atoms with Gasteiger partial charge in [0.15, 0.2) is 11.5 Å². The number of fused-ring (bicyclic) bond motifs is 1. The van der Waals surface area contributed by atoms with E-state index in [0.29, 0.717) is 22.7 Å². The summed E-state index contributed by atoms with van der Waals surface area (Å²) < 4.78 is 10.6. The lowest BCUT2D eigenvalue weighted by Crippen LogP contribution is -2.11. The number of amides is 1. The zero-order valence-electron chi connectivity index (χ0n) is 14.6. The zero-order valence-corrected chi connectivity index (χ0v) is 15.5. The summed E-state index contributed by atoms with van der Waals surface area (Å²) >= 11 is 1.65. The number of nitrogens with zero attached hydrogens (tertiary/aromatic N) is 2. The zero-order chi connectivity index (χ0) is 18.6. The lowest BCUT2D eigenvalue weighted by Gasteiger charge is -2.08. The monoisotopic (exact) mass is 379 g/mol. The third-order valence-electron chi connectivity index (χ3n) is 3.98. The topological polar surface area (TPSA) is 73.3 Å². The molecule has 0 bridgehead atoms. The van der Waals surface area contributed by atoms with E-state index in [1.807, 2.05) is 36.4 Å². The molecule has 1 aliphatic heterocycles. The number of benzene rings is 2. The van der Waals surface area contributed by atoms with Crippen molar-refractivity contribution < 1.29 is 14.3 Å². The molecular weight excluding hydrogens is 362 g/mol. The maximum atomic E-state index is 12.5. The average molecular weight is 379 g/mol. The van der Waals surface area contributed by atoms with Crippen LogP contribution in [0.15, 0.2) is 59.6 Å². The standard InChI is InChI=1S/C20H17N3O3S/c1-2-27-19-9-7-16(22-23-19)13-4-3-5-15(10-13)21-20(24)14-6-8-17-18(11-14)26-12-25-17/h3-11H,2,12H2,1H3,(H,21,24). The normalized spacial score (nSPS) is 12.0.